The van der Waals surface area contributed by atoms with E-state index in [2.05, 4.69) is 20.1 Å². The number of aryl methyl sites for hydroxylation is 1. The van der Waals surface area contributed by atoms with Gasteiger partial charge in [0.1, 0.15) is 18.0 Å². The molecule has 0 aliphatic carbocycles. The summed E-state index contributed by atoms with van der Waals surface area (Å²) in [6.07, 6.45) is 2.84. The molecule has 0 bridgehead atoms. The summed E-state index contributed by atoms with van der Waals surface area (Å²) in [6.45, 7) is 0. The Hall–Kier alpha value is -3.75. The zero-order chi connectivity index (χ0) is 19.1. The molecule has 0 radical (unpaired) electrons. The normalized spacial score (nSPS) is 11.1. The molecule has 0 amide bonds. The smallest absolute Gasteiger partial charge is 0.340 e. The first-order valence-electron chi connectivity index (χ1n) is 8.00. The average molecular weight is 366 g/mol. The van der Waals surface area contributed by atoms with Gasteiger partial charge in [0.15, 0.2) is 5.82 Å². The standard InChI is InChI=1S/C18H15FN6O2/c1-25-8-22-17(24-25)10-5-3-4-9(14(10)19)13-6-11-12(18(26)27-2)7-21-16(20)15(11)23-13/h3-8,23H,1-2H3,(H2,20,21). The fourth-order valence-electron chi connectivity index (χ4n) is 2.93. The molecule has 1 aromatic carbocycles. The molecule has 0 saturated carbocycles. The van der Waals surface area contributed by atoms with Crippen LogP contribution in [0.5, 0.6) is 0 Å². The predicted molar refractivity (Wildman–Crippen MR) is 97.2 cm³/mol. The van der Waals surface area contributed by atoms with Crippen molar-refractivity contribution in [1.29, 1.82) is 0 Å². The molecule has 0 spiro atoms. The fraction of sp³-hybridized carbons (Fsp3) is 0.111. The molecule has 0 aliphatic heterocycles. The van der Waals surface area contributed by atoms with Crippen LogP contribution in [0.15, 0.2) is 36.8 Å². The van der Waals surface area contributed by atoms with E-state index in [4.69, 9.17) is 10.5 Å². The highest BCUT2D eigenvalue weighted by Gasteiger charge is 2.19. The first kappa shape index (κ1) is 16.7. The number of benzene rings is 1. The molecule has 3 N–H and O–H groups in total. The molecule has 0 atom stereocenters. The number of fused-ring (bicyclic) bond motifs is 1. The third-order valence-corrected chi connectivity index (χ3v) is 4.23. The van der Waals surface area contributed by atoms with Crippen LogP contribution >= 0.6 is 0 Å². The van der Waals surface area contributed by atoms with Gasteiger partial charge in [-0.15, -0.1) is 0 Å². The molecule has 27 heavy (non-hydrogen) atoms. The molecule has 0 aliphatic rings. The quantitative estimate of drug-likeness (QED) is 0.539. The maximum atomic E-state index is 15.2. The highest BCUT2D eigenvalue weighted by atomic mass is 19.1. The van der Waals surface area contributed by atoms with Gasteiger partial charge >= 0.3 is 5.97 Å². The van der Waals surface area contributed by atoms with E-state index in [-0.39, 0.29) is 22.8 Å². The van der Waals surface area contributed by atoms with Crippen LogP contribution in [0.2, 0.25) is 0 Å². The molecule has 3 aromatic heterocycles. The lowest BCUT2D eigenvalue weighted by atomic mass is 10.1. The van der Waals surface area contributed by atoms with Crippen LogP contribution < -0.4 is 5.73 Å². The summed E-state index contributed by atoms with van der Waals surface area (Å²) in [7, 11) is 2.99. The molecular formula is C18H15FN6O2. The van der Waals surface area contributed by atoms with Gasteiger partial charge in [-0.2, -0.15) is 5.10 Å². The molecule has 9 heteroatoms. The summed E-state index contributed by atoms with van der Waals surface area (Å²) in [5.74, 6) is -0.553. The van der Waals surface area contributed by atoms with E-state index in [9.17, 15) is 4.79 Å². The zero-order valence-electron chi connectivity index (χ0n) is 14.5. The molecule has 0 saturated heterocycles. The Morgan fingerprint density at radius 2 is 2.07 bits per heavy atom. The van der Waals surface area contributed by atoms with Gasteiger partial charge in [0.2, 0.25) is 0 Å². The van der Waals surface area contributed by atoms with Crippen LogP contribution in [0.25, 0.3) is 33.5 Å². The second-order valence-electron chi connectivity index (χ2n) is 5.93. The average Bonchev–Trinajstić information content (AvgIpc) is 3.29. The van der Waals surface area contributed by atoms with E-state index in [0.29, 0.717) is 22.2 Å². The molecule has 0 unspecified atom stereocenters. The van der Waals surface area contributed by atoms with E-state index < -0.39 is 11.8 Å². The van der Waals surface area contributed by atoms with Crippen molar-refractivity contribution in [2.45, 2.75) is 0 Å². The lowest BCUT2D eigenvalue weighted by Crippen LogP contribution is -2.03. The summed E-state index contributed by atoms with van der Waals surface area (Å²) in [5, 5.41) is 4.65. The van der Waals surface area contributed by atoms with Gasteiger partial charge in [-0.3, -0.25) is 4.68 Å². The number of carbonyl (C=O) groups excluding carboxylic acids is 1. The number of hydrogen-bond donors (Lipinski definition) is 2. The molecule has 8 nitrogen and oxygen atoms in total. The van der Waals surface area contributed by atoms with Crippen molar-refractivity contribution in [3.05, 3.63) is 48.2 Å². The lowest BCUT2D eigenvalue weighted by molar-refractivity contribution is 0.0602. The van der Waals surface area contributed by atoms with Gasteiger partial charge in [-0.05, 0) is 18.2 Å². The number of carbonyl (C=O) groups is 1. The number of aromatic amines is 1. The second kappa shape index (κ2) is 6.20. The van der Waals surface area contributed by atoms with E-state index in [1.165, 1.54) is 24.3 Å². The Balaban J connectivity index is 1.91. The molecule has 4 aromatic rings. The van der Waals surface area contributed by atoms with Gasteiger partial charge < -0.3 is 15.5 Å². The molecule has 4 rings (SSSR count). The minimum absolute atomic E-state index is 0.201. The van der Waals surface area contributed by atoms with Gasteiger partial charge in [0, 0.05) is 29.9 Å². The van der Waals surface area contributed by atoms with E-state index >= 15 is 4.39 Å². The maximum absolute atomic E-state index is 15.2. The van der Waals surface area contributed by atoms with Crippen LogP contribution in [0, 0.1) is 5.82 Å². The lowest BCUT2D eigenvalue weighted by Gasteiger charge is -2.04. The van der Waals surface area contributed by atoms with Crippen molar-refractivity contribution in [3.63, 3.8) is 0 Å². The van der Waals surface area contributed by atoms with Crippen molar-refractivity contribution in [1.82, 2.24) is 24.7 Å². The van der Waals surface area contributed by atoms with Crippen molar-refractivity contribution in [2.75, 3.05) is 12.8 Å². The molecule has 3 heterocycles. The number of H-pyrrole nitrogens is 1. The number of nitrogens with two attached hydrogens (primary N) is 1. The first-order chi connectivity index (χ1) is 13.0. The van der Waals surface area contributed by atoms with Crippen LogP contribution in [0.4, 0.5) is 10.2 Å². The van der Waals surface area contributed by atoms with Crippen LogP contribution in [0.1, 0.15) is 10.4 Å². The highest BCUT2D eigenvalue weighted by Crippen LogP contribution is 2.33. The number of pyridine rings is 1. The Bertz CT molecular complexity index is 1180. The number of nitrogen functional groups attached to an aromatic ring is 1. The summed E-state index contributed by atoms with van der Waals surface area (Å²) in [6, 6.07) is 6.58. The summed E-state index contributed by atoms with van der Waals surface area (Å²) >= 11 is 0. The Labute approximate surface area is 152 Å². The number of nitrogens with zero attached hydrogens (tertiary/aromatic N) is 4. The molecule has 136 valence electrons. The van der Waals surface area contributed by atoms with E-state index in [1.807, 2.05) is 0 Å². The number of methoxy groups -OCH3 is 1. The number of esters is 1. The minimum atomic E-state index is -0.551. The number of halogens is 1. The highest BCUT2D eigenvalue weighted by molar-refractivity contribution is 6.07. The van der Waals surface area contributed by atoms with Crippen LogP contribution in [-0.4, -0.2) is 37.8 Å². The Morgan fingerprint density at radius 1 is 1.30 bits per heavy atom. The number of aromatic nitrogens is 5. The second-order valence-corrected chi connectivity index (χ2v) is 5.93. The summed E-state index contributed by atoms with van der Waals surface area (Å²) in [4.78, 5) is 23.1. The van der Waals surface area contributed by atoms with E-state index in [0.717, 1.165) is 0 Å². The molecule has 0 fully saturated rings. The zero-order valence-corrected chi connectivity index (χ0v) is 14.5. The largest absolute Gasteiger partial charge is 0.465 e. The topological polar surface area (TPSA) is 112 Å². The predicted octanol–water partition coefficient (Wildman–Crippen LogP) is 2.53. The van der Waals surface area contributed by atoms with Crippen molar-refractivity contribution < 1.29 is 13.9 Å². The number of anilines is 1. The number of rotatable bonds is 3. The van der Waals surface area contributed by atoms with Crippen LogP contribution in [-0.2, 0) is 11.8 Å². The SMILES string of the molecule is COC(=O)c1cnc(N)c2[nH]c(-c3cccc(-c4ncn(C)n4)c3F)cc12. The Kier molecular flexibility index (Phi) is 3.84. The minimum Gasteiger partial charge on any atom is -0.465 e. The van der Waals surface area contributed by atoms with Gasteiger partial charge in [-0.1, -0.05) is 6.07 Å². The number of hydrogen-bond acceptors (Lipinski definition) is 6. The third kappa shape index (κ3) is 2.69. The third-order valence-electron chi connectivity index (χ3n) is 4.23. The monoisotopic (exact) mass is 366 g/mol. The number of nitrogens with one attached hydrogen (secondary N) is 1. The summed E-state index contributed by atoms with van der Waals surface area (Å²) in [5.41, 5.74) is 7.61. The van der Waals surface area contributed by atoms with E-state index in [1.54, 1.807) is 31.3 Å². The first-order valence-corrected chi connectivity index (χ1v) is 8.00. The van der Waals surface area contributed by atoms with Gasteiger partial charge in [0.05, 0.1) is 23.8 Å². The van der Waals surface area contributed by atoms with Crippen molar-refractivity contribution in [3.8, 4) is 22.6 Å². The van der Waals surface area contributed by atoms with Gasteiger partial charge in [0.25, 0.3) is 0 Å². The maximum Gasteiger partial charge on any atom is 0.340 e. The van der Waals surface area contributed by atoms with Crippen LogP contribution in [0.3, 0.4) is 0 Å². The Morgan fingerprint density at radius 3 is 2.78 bits per heavy atom. The summed E-state index contributed by atoms with van der Waals surface area (Å²) < 4.78 is 21.4. The molecular weight excluding hydrogens is 351 g/mol. The van der Waals surface area contributed by atoms with Crippen molar-refractivity contribution in [2.24, 2.45) is 7.05 Å². The van der Waals surface area contributed by atoms with Gasteiger partial charge in [-0.25, -0.2) is 19.2 Å². The number of ether oxygens (including phenoxy) is 1. The van der Waals surface area contributed by atoms with Crippen molar-refractivity contribution >= 4 is 22.7 Å². The fourth-order valence-corrected chi connectivity index (χ4v) is 2.93.